The Balaban J connectivity index is 3.23. The fourth-order valence-electron chi connectivity index (χ4n) is 3.34. The second-order valence-corrected chi connectivity index (χ2v) is 6.42. The number of hydrogen-bond acceptors (Lipinski definition) is 4. The molecule has 4 heteroatoms. The third-order valence-corrected chi connectivity index (χ3v) is 4.72. The van der Waals surface area contributed by atoms with Crippen molar-refractivity contribution in [1.82, 2.24) is 0 Å². The Morgan fingerprint density at radius 3 is 2.30 bits per heavy atom. The highest BCUT2D eigenvalue weighted by Crippen LogP contribution is 2.40. The molecule has 0 spiro atoms. The molecule has 0 aliphatic carbocycles. The van der Waals surface area contributed by atoms with E-state index in [-0.39, 0.29) is 5.92 Å². The molecule has 2 atom stereocenters. The summed E-state index contributed by atoms with van der Waals surface area (Å²) in [5.74, 6) is 0.689. The average Bonchev–Trinajstić information content (AvgIpc) is 2.54. The summed E-state index contributed by atoms with van der Waals surface area (Å²) in [6.07, 6.45) is 3.30. The van der Waals surface area contributed by atoms with Crippen molar-refractivity contribution < 1.29 is 14.9 Å². The third kappa shape index (κ3) is 4.93. The van der Waals surface area contributed by atoms with E-state index < -0.39 is 11.7 Å². The Hall–Kier alpha value is -1.10. The molecule has 1 aromatic carbocycles. The van der Waals surface area contributed by atoms with Gasteiger partial charge in [-0.3, -0.25) is 0 Å². The number of methoxy groups -OCH3 is 1. The molecule has 4 N–H and O–H groups in total. The van der Waals surface area contributed by atoms with Crippen molar-refractivity contribution in [2.75, 3.05) is 13.7 Å². The Kier molecular flexibility index (Phi) is 8.03. The van der Waals surface area contributed by atoms with Crippen molar-refractivity contribution in [1.29, 1.82) is 0 Å². The third-order valence-electron chi connectivity index (χ3n) is 4.72. The Bertz CT molecular complexity index is 470. The molecule has 0 bridgehead atoms. The van der Waals surface area contributed by atoms with E-state index in [2.05, 4.69) is 13.8 Å². The van der Waals surface area contributed by atoms with Crippen molar-refractivity contribution in [3.63, 3.8) is 0 Å². The van der Waals surface area contributed by atoms with Crippen molar-refractivity contribution in [3.8, 4) is 5.75 Å². The fraction of sp³-hybridized carbons (Fsp3) is 0.684. The average molecular weight is 323 g/mol. The first-order valence-corrected chi connectivity index (χ1v) is 8.71. The summed E-state index contributed by atoms with van der Waals surface area (Å²) in [6, 6.07) is 5.70. The van der Waals surface area contributed by atoms with Crippen molar-refractivity contribution in [2.45, 2.75) is 70.5 Å². The molecule has 2 unspecified atom stereocenters. The van der Waals surface area contributed by atoms with Crippen LogP contribution in [0.3, 0.4) is 0 Å². The molecule has 0 aromatic heterocycles. The predicted molar refractivity (Wildman–Crippen MR) is 94.8 cm³/mol. The monoisotopic (exact) mass is 323 g/mol. The van der Waals surface area contributed by atoms with E-state index in [1.165, 1.54) is 0 Å². The largest absolute Gasteiger partial charge is 0.496 e. The van der Waals surface area contributed by atoms with Gasteiger partial charge in [0.25, 0.3) is 0 Å². The van der Waals surface area contributed by atoms with Gasteiger partial charge in [0.1, 0.15) is 5.75 Å². The fourth-order valence-corrected chi connectivity index (χ4v) is 3.34. The Morgan fingerprint density at radius 2 is 1.83 bits per heavy atom. The van der Waals surface area contributed by atoms with Gasteiger partial charge in [0.2, 0.25) is 0 Å². The number of aliphatic hydroxyl groups is 2. The molecule has 0 aliphatic rings. The van der Waals surface area contributed by atoms with Crippen LogP contribution < -0.4 is 10.5 Å². The second-order valence-electron chi connectivity index (χ2n) is 6.42. The van der Waals surface area contributed by atoms with Crippen LogP contribution in [0, 0.1) is 0 Å². The van der Waals surface area contributed by atoms with E-state index in [0.717, 1.165) is 42.6 Å². The van der Waals surface area contributed by atoms with Gasteiger partial charge in [-0.1, -0.05) is 39.7 Å². The minimum Gasteiger partial charge on any atom is -0.496 e. The molecule has 132 valence electrons. The molecule has 0 heterocycles. The van der Waals surface area contributed by atoms with Crippen LogP contribution in [0.5, 0.6) is 5.75 Å². The first kappa shape index (κ1) is 19.9. The van der Waals surface area contributed by atoms with Crippen LogP contribution in [-0.2, 0) is 0 Å². The number of aliphatic hydroxyl groups excluding tert-OH is 1. The van der Waals surface area contributed by atoms with E-state index in [9.17, 15) is 10.2 Å². The summed E-state index contributed by atoms with van der Waals surface area (Å²) in [7, 11) is 1.64. The van der Waals surface area contributed by atoms with Crippen LogP contribution in [0.15, 0.2) is 18.2 Å². The molecule has 4 nitrogen and oxygen atoms in total. The normalized spacial score (nSPS) is 14.6. The van der Waals surface area contributed by atoms with Crippen LogP contribution >= 0.6 is 0 Å². The molecule has 0 fully saturated rings. The van der Waals surface area contributed by atoms with E-state index in [0.29, 0.717) is 13.0 Å². The first-order chi connectivity index (χ1) is 10.9. The molecule has 0 saturated heterocycles. The van der Waals surface area contributed by atoms with Crippen LogP contribution in [0.1, 0.15) is 76.0 Å². The highest BCUT2D eigenvalue weighted by atomic mass is 16.5. The highest BCUT2D eigenvalue weighted by Gasteiger charge is 2.34. The van der Waals surface area contributed by atoms with Gasteiger partial charge in [0.15, 0.2) is 0 Å². The standard InChI is InChI=1S/C19H33NO3/c1-5-10-19(22,11-6-2)14(3)16-13-15(17(21)9-12-20)7-8-18(16)23-4/h7-8,13-14,17,21-22H,5-6,9-12,20H2,1-4H3. The summed E-state index contributed by atoms with van der Waals surface area (Å²) >= 11 is 0. The Labute approximate surface area is 140 Å². The van der Waals surface area contributed by atoms with Crippen molar-refractivity contribution in [3.05, 3.63) is 29.3 Å². The molecule has 0 amide bonds. The van der Waals surface area contributed by atoms with Crippen molar-refractivity contribution in [2.24, 2.45) is 5.73 Å². The highest BCUT2D eigenvalue weighted by molar-refractivity contribution is 5.41. The molecule has 1 rings (SSSR count). The van der Waals surface area contributed by atoms with Gasteiger partial charge < -0.3 is 20.7 Å². The van der Waals surface area contributed by atoms with Gasteiger partial charge in [0.05, 0.1) is 18.8 Å². The summed E-state index contributed by atoms with van der Waals surface area (Å²) in [5.41, 5.74) is 6.57. The molecule has 0 saturated carbocycles. The van der Waals surface area contributed by atoms with Crippen molar-refractivity contribution >= 4 is 0 Å². The quantitative estimate of drug-likeness (QED) is 0.616. The van der Waals surface area contributed by atoms with Gasteiger partial charge >= 0.3 is 0 Å². The van der Waals surface area contributed by atoms with E-state index in [1.54, 1.807) is 7.11 Å². The minimum atomic E-state index is -0.756. The maximum absolute atomic E-state index is 11.1. The van der Waals surface area contributed by atoms with Gasteiger partial charge in [-0.05, 0) is 43.5 Å². The molecular weight excluding hydrogens is 290 g/mol. The maximum atomic E-state index is 11.1. The van der Waals surface area contributed by atoms with E-state index >= 15 is 0 Å². The lowest BCUT2D eigenvalue weighted by Crippen LogP contribution is -2.35. The number of benzene rings is 1. The molecule has 1 aromatic rings. The summed E-state index contributed by atoms with van der Waals surface area (Å²) in [5, 5.41) is 21.4. The second kappa shape index (κ2) is 9.26. The van der Waals surface area contributed by atoms with Crippen LogP contribution in [0.2, 0.25) is 0 Å². The number of hydrogen-bond donors (Lipinski definition) is 3. The zero-order valence-corrected chi connectivity index (χ0v) is 15.0. The number of nitrogens with two attached hydrogens (primary N) is 1. The van der Waals surface area contributed by atoms with Gasteiger partial charge in [0, 0.05) is 11.5 Å². The minimum absolute atomic E-state index is 0.0672. The lowest BCUT2D eigenvalue weighted by atomic mass is 9.76. The Morgan fingerprint density at radius 1 is 1.22 bits per heavy atom. The molecule has 23 heavy (non-hydrogen) atoms. The predicted octanol–water partition coefficient (Wildman–Crippen LogP) is 3.51. The maximum Gasteiger partial charge on any atom is 0.122 e. The number of ether oxygens (including phenoxy) is 1. The topological polar surface area (TPSA) is 75.7 Å². The lowest BCUT2D eigenvalue weighted by molar-refractivity contribution is -0.00159. The van der Waals surface area contributed by atoms with E-state index in [1.807, 2.05) is 25.1 Å². The van der Waals surface area contributed by atoms with Crippen LogP contribution in [0.4, 0.5) is 0 Å². The SMILES string of the molecule is CCCC(O)(CCC)C(C)c1cc(C(O)CCN)ccc1OC. The first-order valence-electron chi connectivity index (χ1n) is 8.71. The summed E-state index contributed by atoms with van der Waals surface area (Å²) in [6.45, 7) is 6.66. The van der Waals surface area contributed by atoms with Gasteiger partial charge in [-0.15, -0.1) is 0 Å². The van der Waals surface area contributed by atoms with E-state index in [4.69, 9.17) is 10.5 Å². The smallest absolute Gasteiger partial charge is 0.122 e. The van der Waals surface area contributed by atoms with Gasteiger partial charge in [-0.25, -0.2) is 0 Å². The van der Waals surface area contributed by atoms with Gasteiger partial charge in [-0.2, -0.15) is 0 Å². The number of rotatable bonds is 10. The molecule has 0 aliphatic heterocycles. The zero-order valence-electron chi connectivity index (χ0n) is 15.0. The van der Waals surface area contributed by atoms with Crippen LogP contribution in [0.25, 0.3) is 0 Å². The summed E-state index contributed by atoms with van der Waals surface area (Å²) in [4.78, 5) is 0. The lowest BCUT2D eigenvalue weighted by Gasteiger charge is -2.35. The summed E-state index contributed by atoms with van der Waals surface area (Å²) < 4.78 is 5.50. The zero-order chi connectivity index (χ0) is 17.5. The molecule has 0 radical (unpaired) electrons. The van der Waals surface area contributed by atoms with Crippen LogP contribution in [-0.4, -0.2) is 29.5 Å². The molecular formula is C19H33NO3.